The zero-order chi connectivity index (χ0) is 15.5. The normalized spacial score (nSPS) is 15.1. The maximum atomic E-state index is 11.9. The number of piperazine rings is 1. The first-order valence-corrected chi connectivity index (χ1v) is 7.81. The van der Waals surface area contributed by atoms with Crippen molar-refractivity contribution in [1.29, 1.82) is 0 Å². The van der Waals surface area contributed by atoms with Crippen molar-refractivity contribution in [2.75, 3.05) is 45.5 Å². The number of urea groups is 1. The van der Waals surface area contributed by atoms with Gasteiger partial charge in [-0.1, -0.05) is 18.2 Å². The van der Waals surface area contributed by atoms with Crippen LogP contribution in [0.5, 0.6) is 0 Å². The van der Waals surface area contributed by atoms with Crippen molar-refractivity contribution in [1.82, 2.24) is 15.1 Å². The number of halogens is 1. The maximum Gasteiger partial charge on any atom is 0.317 e. The van der Waals surface area contributed by atoms with Gasteiger partial charge in [0.25, 0.3) is 0 Å². The summed E-state index contributed by atoms with van der Waals surface area (Å²) >= 11 is 4.18. The Labute approximate surface area is 131 Å². The summed E-state index contributed by atoms with van der Waals surface area (Å²) in [6.45, 7) is 4.76. The molecule has 1 aliphatic heterocycles. The van der Waals surface area contributed by atoms with Gasteiger partial charge >= 0.3 is 6.03 Å². The molecule has 1 aromatic rings. The molecule has 1 saturated heterocycles. The number of benzene rings is 1. The highest BCUT2D eigenvalue weighted by Gasteiger charge is 2.19. The zero-order valence-corrected chi connectivity index (χ0v) is 13.4. The molecule has 2 amide bonds. The van der Waals surface area contributed by atoms with E-state index in [0.29, 0.717) is 0 Å². The quantitative estimate of drug-likeness (QED) is 0.838. The van der Waals surface area contributed by atoms with E-state index in [0.717, 1.165) is 44.9 Å². The van der Waals surface area contributed by atoms with E-state index in [-0.39, 0.29) is 11.8 Å². The Hall–Kier alpha value is -1.27. The van der Waals surface area contributed by atoms with Gasteiger partial charge in [0.2, 0.25) is 0 Å². The minimum absolute atomic E-state index is 0.0406. The molecule has 6 heteroatoms. The summed E-state index contributed by atoms with van der Waals surface area (Å²) in [6.07, 6.45) is 1.13. The molecule has 1 aliphatic rings. The van der Waals surface area contributed by atoms with Crippen LogP contribution < -0.4 is 5.32 Å². The number of nitrogens with zero attached hydrogens (tertiary/aromatic N) is 2. The van der Waals surface area contributed by atoms with Crippen LogP contribution in [0.4, 0.5) is 9.18 Å². The van der Waals surface area contributed by atoms with Gasteiger partial charge in [-0.05, 0) is 30.9 Å². The second kappa shape index (κ2) is 10.5. The fourth-order valence-electron chi connectivity index (χ4n) is 2.04. The van der Waals surface area contributed by atoms with E-state index in [2.05, 4.69) is 22.8 Å². The highest BCUT2D eigenvalue weighted by Crippen LogP contribution is 2.02. The van der Waals surface area contributed by atoms with Gasteiger partial charge in [-0.15, -0.1) is 0 Å². The summed E-state index contributed by atoms with van der Waals surface area (Å²) in [4.78, 5) is 15.5. The number of carbonyl (C=O) groups excluding carboxylic acids is 1. The third kappa shape index (κ3) is 7.34. The number of hydrogen-bond acceptors (Lipinski definition) is 3. The largest absolute Gasteiger partial charge is 0.341 e. The molecule has 2 rings (SSSR count). The SMILES string of the molecule is CNC(=O)N1CCN(CCCS)CC1.Fc1ccccc1. The van der Waals surface area contributed by atoms with Crippen molar-refractivity contribution < 1.29 is 9.18 Å². The Balaban J connectivity index is 0.000000262. The Bertz CT molecular complexity index is 397. The molecule has 0 bridgehead atoms. The van der Waals surface area contributed by atoms with E-state index in [1.165, 1.54) is 12.1 Å². The molecule has 0 unspecified atom stereocenters. The van der Waals surface area contributed by atoms with Crippen LogP contribution in [0.2, 0.25) is 0 Å². The predicted octanol–water partition coefficient (Wildman–Crippen LogP) is 2.09. The van der Waals surface area contributed by atoms with Crippen LogP contribution in [0.15, 0.2) is 30.3 Å². The molecular weight excluding hydrogens is 289 g/mol. The number of amides is 2. The van der Waals surface area contributed by atoms with E-state index in [4.69, 9.17) is 0 Å². The lowest BCUT2D eigenvalue weighted by molar-refractivity contribution is 0.141. The van der Waals surface area contributed by atoms with Crippen LogP contribution in [0.1, 0.15) is 6.42 Å². The summed E-state index contributed by atoms with van der Waals surface area (Å²) in [5, 5.41) is 2.65. The zero-order valence-electron chi connectivity index (χ0n) is 12.5. The van der Waals surface area contributed by atoms with E-state index >= 15 is 0 Å². The topological polar surface area (TPSA) is 35.6 Å². The van der Waals surface area contributed by atoms with Crippen molar-refractivity contribution in [2.45, 2.75) is 6.42 Å². The van der Waals surface area contributed by atoms with Gasteiger partial charge in [0, 0.05) is 33.2 Å². The van der Waals surface area contributed by atoms with Gasteiger partial charge in [0.1, 0.15) is 5.82 Å². The molecule has 1 heterocycles. The minimum atomic E-state index is -0.178. The molecule has 1 aromatic carbocycles. The van der Waals surface area contributed by atoms with Crippen molar-refractivity contribution in [2.24, 2.45) is 0 Å². The van der Waals surface area contributed by atoms with E-state index < -0.39 is 0 Å². The van der Waals surface area contributed by atoms with Gasteiger partial charge in [0.15, 0.2) is 0 Å². The monoisotopic (exact) mass is 313 g/mol. The predicted molar refractivity (Wildman–Crippen MR) is 87.3 cm³/mol. The number of rotatable bonds is 3. The van der Waals surface area contributed by atoms with Gasteiger partial charge in [-0.3, -0.25) is 4.90 Å². The second-order valence-electron chi connectivity index (χ2n) is 4.76. The molecule has 0 radical (unpaired) electrons. The lowest BCUT2D eigenvalue weighted by Gasteiger charge is -2.34. The minimum Gasteiger partial charge on any atom is -0.341 e. The molecule has 0 spiro atoms. The smallest absolute Gasteiger partial charge is 0.317 e. The first-order valence-electron chi connectivity index (χ1n) is 7.17. The van der Waals surface area contributed by atoms with Crippen molar-refractivity contribution in [3.05, 3.63) is 36.1 Å². The lowest BCUT2D eigenvalue weighted by Crippen LogP contribution is -2.51. The highest BCUT2D eigenvalue weighted by atomic mass is 32.1. The summed E-state index contributed by atoms with van der Waals surface area (Å²) in [7, 11) is 1.68. The Morgan fingerprint density at radius 1 is 1.24 bits per heavy atom. The van der Waals surface area contributed by atoms with Gasteiger partial charge in [-0.2, -0.15) is 12.6 Å². The fraction of sp³-hybridized carbons (Fsp3) is 0.533. The molecule has 0 aliphatic carbocycles. The highest BCUT2D eigenvalue weighted by molar-refractivity contribution is 7.80. The molecule has 4 nitrogen and oxygen atoms in total. The third-order valence-electron chi connectivity index (χ3n) is 3.24. The molecule has 21 heavy (non-hydrogen) atoms. The summed E-state index contributed by atoms with van der Waals surface area (Å²) in [5.41, 5.74) is 0. The molecule has 0 saturated carbocycles. The van der Waals surface area contributed by atoms with Crippen LogP contribution >= 0.6 is 12.6 Å². The number of carbonyl (C=O) groups is 1. The fourth-order valence-corrected chi connectivity index (χ4v) is 2.18. The molecule has 1 N–H and O–H groups in total. The second-order valence-corrected chi connectivity index (χ2v) is 5.20. The third-order valence-corrected chi connectivity index (χ3v) is 3.56. The van der Waals surface area contributed by atoms with E-state index in [1.807, 2.05) is 4.90 Å². The van der Waals surface area contributed by atoms with E-state index in [1.54, 1.807) is 25.2 Å². The number of nitrogens with one attached hydrogen (secondary N) is 1. The average Bonchev–Trinajstić information content (AvgIpc) is 2.54. The lowest BCUT2D eigenvalue weighted by atomic mass is 10.3. The van der Waals surface area contributed by atoms with Crippen molar-refractivity contribution in [3.63, 3.8) is 0 Å². The Morgan fingerprint density at radius 2 is 1.86 bits per heavy atom. The standard InChI is InChI=1S/C9H19N3OS.C6H5F/c1-10-9(13)12-6-4-11(5-7-12)3-2-8-14;7-6-4-2-1-3-5-6/h14H,2-8H2,1H3,(H,10,13);1-5H. The molecule has 118 valence electrons. The van der Waals surface area contributed by atoms with Crippen molar-refractivity contribution >= 4 is 18.7 Å². The van der Waals surface area contributed by atoms with Crippen LogP contribution in [0, 0.1) is 5.82 Å². The van der Waals surface area contributed by atoms with Crippen LogP contribution in [-0.2, 0) is 0 Å². The number of thiol groups is 1. The van der Waals surface area contributed by atoms with Gasteiger partial charge in [-0.25, -0.2) is 9.18 Å². The Morgan fingerprint density at radius 3 is 2.29 bits per heavy atom. The first kappa shape index (κ1) is 17.8. The summed E-state index contributed by atoms with van der Waals surface area (Å²) in [6, 6.07) is 7.98. The first-order chi connectivity index (χ1) is 10.2. The average molecular weight is 313 g/mol. The summed E-state index contributed by atoms with van der Waals surface area (Å²) < 4.78 is 11.9. The Kier molecular flexibility index (Phi) is 8.85. The molecule has 0 atom stereocenters. The molecule has 0 aromatic heterocycles. The molecule has 1 fully saturated rings. The maximum absolute atomic E-state index is 11.9. The molecular formula is C15H24FN3OS. The van der Waals surface area contributed by atoms with Crippen LogP contribution in [0.3, 0.4) is 0 Å². The van der Waals surface area contributed by atoms with Gasteiger partial charge < -0.3 is 10.2 Å². The van der Waals surface area contributed by atoms with Crippen molar-refractivity contribution in [3.8, 4) is 0 Å². The van der Waals surface area contributed by atoms with Crippen LogP contribution in [0.25, 0.3) is 0 Å². The summed E-state index contributed by atoms with van der Waals surface area (Å²) in [5.74, 6) is 0.762. The van der Waals surface area contributed by atoms with E-state index in [9.17, 15) is 9.18 Å². The van der Waals surface area contributed by atoms with Gasteiger partial charge in [0.05, 0.1) is 0 Å². The number of hydrogen-bond donors (Lipinski definition) is 2. The van der Waals surface area contributed by atoms with Crippen LogP contribution in [-0.4, -0.2) is 61.4 Å².